The molecule has 0 nitrogen and oxygen atoms in total. The molecule has 0 aromatic heterocycles. The van der Waals surface area contributed by atoms with Crippen LogP contribution in [0.5, 0.6) is 0 Å². The molecule has 0 bridgehead atoms. The van der Waals surface area contributed by atoms with E-state index in [1.165, 1.54) is 98.4 Å². The van der Waals surface area contributed by atoms with E-state index in [2.05, 4.69) is 159 Å². The van der Waals surface area contributed by atoms with Crippen molar-refractivity contribution in [3.8, 4) is 33.4 Å². The zero-order chi connectivity index (χ0) is 29.9. The molecule has 0 saturated heterocycles. The molecule has 45 heavy (non-hydrogen) atoms. The van der Waals surface area contributed by atoms with Gasteiger partial charge < -0.3 is 0 Å². The molecule has 0 atom stereocenters. The Balaban J connectivity index is 1.21. The molecule has 0 aliphatic heterocycles. The lowest BCUT2D eigenvalue weighted by Crippen LogP contribution is -2.16. The number of benzene rings is 9. The van der Waals surface area contributed by atoms with Crippen LogP contribution < -0.4 is 0 Å². The molecule has 210 valence electrons. The molecule has 0 heteroatoms. The minimum atomic E-state index is -0.162. The van der Waals surface area contributed by atoms with Crippen LogP contribution >= 0.6 is 0 Å². The maximum absolute atomic E-state index is 2.48. The summed E-state index contributed by atoms with van der Waals surface area (Å²) in [6.07, 6.45) is 0. The molecule has 0 N–H and O–H groups in total. The quantitative estimate of drug-likeness (QED) is 0.181. The van der Waals surface area contributed by atoms with Crippen molar-refractivity contribution in [3.05, 3.63) is 157 Å². The molecule has 0 heterocycles. The largest absolute Gasteiger partial charge is 0.0616 e. The summed E-state index contributed by atoms with van der Waals surface area (Å²) in [7, 11) is 0. The van der Waals surface area contributed by atoms with Crippen molar-refractivity contribution >= 4 is 53.9 Å². The summed E-state index contributed by atoms with van der Waals surface area (Å²) in [5, 5.41) is 13.2. The molecule has 0 radical (unpaired) electrons. The lowest BCUT2D eigenvalue weighted by atomic mass is 9.78. The van der Waals surface area contributed by atoms with E-state index in [-0.39, 0.29) is 5.41 Å². The van der Waals surface area contributed by atoms with Gasteiger partial charge in [-0.3, -0.25) is 0 Å². The molecular formula is C45H30. The van der Waals surface area contributed by atoms with Crippen molar-refractivity contribution in [2.75, 3.05) is 0 Å². The lowest BCUT2D eigenvalue weighted by Gasteiger charge is -2.25. The molecular weight excluding hydrogens is 540 g/mol. The summed E-state index contributed by atoms with van der Waals surface area (Å²) in [6.45, 7) is 4.84. The summed E-state index contributed by atoms with van der Waals surface area (Å²) >= 11 is 0. The molecule has 0 spiro atoms. The van der Waals surface area contributed by atoms with Gasteiger partial charge in [-0.05, 0) is 104 Å². The lowest BCUT2D eigenvalue weighted by molar-refractivity contribution is 0.666. The SMILES string of the molecule is CC1(C)c2cc(-c3ccc4ccc5cccc6ccc3c4c56)ccc2-c2ccc3cccc(-c4cccc5ccccc45)c3c21. The molecule has 0 unspecified atom stereocenters. The predicted octanol–water partition coefficient (Wildman–Crippen LogP) is 12.5. The van der Waals surface area contributed by atoms with Crippen LogP contribution in [0.3, 0.4) is 0 Å². The Labute approximate surface area is 262 Å². The molecule has 1 aliphatic rings. The van der Waals surface area contributed by atoms with Gasteiger partial charge in [-0.15, -0.1) is 0 Å². The first kappa shape index (κ1) is 24.9. The van der Waals surface area contributed by atoms with E-state index >= 15 is 0 Å². The van der Waals surface area contributed by atoms with Gasteiger partial charge in [0.2, 0.25) is 0 Å². The molecule has 0 fully saturated rings. The van der Waals surface area contributed by atoms with Gasteiger partial charge in [0, 0.05) is 5.41 Å². The minimum Gasteiger partial charge on any atom is -0.0616 e. The summed E-state index contributed by atoms with van der Waals surface area (Å²) in [6, 6.07) is 54.6. The standard InChI is InChI=1S/C45H30/c1-45(2)40-26-32(34-22-18-31-17-16-28-10-5-11-29-19-24-38(34)42(31)41(28)29)21-23-36(40)39-25-20-30-12-7-15-37(43(30)44(39)45)35-14-6-9-27-8-3-4-13-33(27)35/h3-26H,1-2H3. The van der Waals surface area contributed by atoms with Gasteiger partial charge in [-0.1, -0.05) is 153 Å². The highest BCUT2D eigenvalue weighted by molar-refractivity contribution is 6.25. The van der Waals surface area contributed by atoms with Crippen molar-refractivity contribution in [1.29, 1.82) is 0 Å². The van der Waals surface area contributed by atoms with Gasteiger partial charge >= 0.3 is 0 Å². The molecule has 1 aliphatic carbocycles. The summed E-state index contributed by atoms with van der Waals surface area (Å²) in [4.78, 5) is 0. The monoisotopic (exact) mass is 570 g/mol. The van der Waals surface area contributed by atoms with E-state index in [1.54, 1.807) is 0 Å². The highest BCUT2D eigenvalue weighted by Crippen LogP contribution is 2.54. The predicted molar refractivity (Wildman–Crippen MR) is 194 cm³/mol. The summed E-state index contributed by atoms with van der Waals surface area (Å²) < 4.78 is 0. The van der Waals surface area contributed by atoms with E-state index in [9.17, 15) is 0 Å². The van der Waals surface area contributed by atoms with Crippen molar-refractivity contribution < 1.29 is 0 Å². The molecule has 10 rings (SSSR count). The van der Waals surface area contributed by atoms with Crippen molar-refractivity contribution in [3.63, 3.8) is 0 Å². The van der Waals surface area contributed by atoms with Gasteiger partial charge in [-0.2, -0.15) is 0 Å². The highest BCUT2D eigenvalue weighted by Gasteiger charge is 2.38. The topological polar surface area (TPSA) is 0 Å². The van der Waals surface area contributed by atoms with E-state index in [4.69, 9.17) is 0 Å². The first-order valence-corrected chi connectivity index (χ1v) is 15.9. The van der Waals surface area contributed by atoms with Gasteiger partial charge in [0.1, 0.15) is 0 Å². The van der Waals surface area contributed by atoms with E-state index in [0.717, 1.165) is 0 Å². The molecule has 0 amide bonds. The van der Waals surface area contributed by atoms with Gasteiger partial charge in [-0.25, -0.2) is 0 Å². The number of fused-ring (bicyclic) bond motifs is 6. The van der Waals surface area contributed by atoms with Gasteiger partial charge in [0.15, 0.2) is 0 Å². The zero-order valence-electron chi connectivity index (χ0n) is 25.4. The van der Waals surface area contributed by atoms with E-state index < -0.39 is 0 Å². The van der Waals surface area contributed by atoms with Crippen molar-refractivity contribution in [2.24, 2.45) is 0 Å². The van der Waals surface area contributed by atoms with E-state index in [0.29, 0.717) is 0 Å². The third kappa shape index (κ3) is 3.32. The fourth-order valence-corrected chi connectivity index (χ4v) is 8.52. The number of hydrogen-bond donors (Lipinski definition) is 0. The Bertz CT molecular complexity index is 2650. The van der Waals surface area contributed by atoms with Crippen LogP contribution in [0.2, 0.25) is 0 Å². The average molecular weight is 571 g/mol. The number of hydrogen-bond acceptors (Lipinski definition) is 0. The molecule has 9 aromatic rings. The van der Waals surface area contributed by atoms with Crippen LogP contribution in [0.4, 0.5) is 0 Å². The van der Waals surface area contributed by atoms with Crippen LogP contribution in [0.25, 0.3) is 87.2 Å². The number of rotatable bonds is 2. The maximum atomic E-state index is 2.48. The minimum absolute atomic E-state index is 0.162. The second-order valence-electron chi connectivity index (χ2n) is 13.3. The molecule has 9 aromatic carbocycles. The highest BCUT2D eigenvalue weighted by atomic mass is 14.4. The zero-order valence-corrected chi connectivity index (χ0v) is 25.4. The second-order valence-corrected chi connectivity index (χ2v) is 13.3. The van der Waals surface area contributed by atoms with Crippen LogP contribution in [0.1, 0.15) is 25.0 Å². The fraction of sp³-hybridized carbons (Fsp3) is 0.0667. The normalized spacial score (nSPS) is 13.7. The third-order valence-corrected chi connectivity index (χ3v) is 10.6. The van der Waals surface area contributed by atoms with Gasteiger partial charge in [0.25, 0.3) is 0 Å². The average Bonchev–Trinajstić information content (AvgIpc) is 3.32. The Hall–Kier alpha value is -5.46. The first-order valence-electron chi connectivity index (χ1n) is 15.9. The molecule has 0 saturated carbocycles. The van der Waals surface area contributed by atoms with Gasteiger partial charge in [0.05, 0.1) is 0 Å². The Morgan fingerprint density at radius 1 is 0.356 bits per heavy atom. The first-order chi connectivity index (χ1) is 22.1. The van der Waals surface area contributed by atoms with Crippen LogP contribution in [0.15, 0.2) is 146 Å². The fourth-order valence-electron chi connectivity index (χ4n) is 8.52. The maximum Gasteiger partial charge on any atom is 0.0165 e. The van der Waals surface area contributed by atoms with Crippen molar-refractivity contribution in [1.82, 2.24) is 0 Å². The Morgan fingerprint density at radius 2 is 0.933 bits per heavy atom. The summed E-state index contributed by atoms with van der Waals surface area (Å²) in [5.41, 5.74) is 10.6. The van der Waals surface area contributed by atoms with Crippen LogP contribution in [-0.2, 0) is 5.41 Å². The third-order valence-electron chi connectivity index (χ3n) is 10.6. The van der Waals surface area contributed by atoms with Crippen LogP contribution in [0, 0.1) is 0 Å². The Morgan fingerprint density at radius 3 is 1.76 bits per heavy atom. The van der Waals surface area contributed by atoms with Crippen molar-refractivity contribution in [2.45, 2.75) is 19.3 Å². The smallest absolute Gasteiger partial charge is 0.0165 e. The second kappa shape index (κ2) is 8.80. The Kier molecular flexibility index (Phi) is 4.88. The van der Waals surface area contributed by atoms with E-state index in [1.807, 2.05) is 0 Å². The summed E-state index contributed by atoms with van der Waals surface area (Å²) in [5.74, 6) is 0. The van der Waals surface area contributed by atoms with Crippen LogP contribution in [-0.4, -0.2) is 0 Å².